The van der Waals surface area contributed by atoms with Gasteiger partial charge in [0.1, 0.15) is 0 Å². The minimum absolute atomic E-state index is 0.0146. The van der Waals surface area contributed by atoms with Crippen LogP contribution in [0, 0.1) is 0 Å². The second-order valence-electron chi connectivity index (χ2n) is 6.23. The minimum Gasteiger partial charge on any atom is -0.748 e. The van der Waals surface area contributed by atoms with Crippen molar-refractivity contribution >= 4 is 21.0 Å². The Balaban J connectivity index is 0.000000252. The van der Waals surface area contributed by atoms with Crippen molar-refractivity contribution in [1.29, 1.82) is 0 Å². The fourth-order valence-corrected chi connectivity index (χ4v) is 5.13. The van der Waals surface area contributed by atoms with Gasteiger partial charge >= 0.3 is 6.18 Å². The zero-order chi connectivity index (χ0) is 22.0. The van der Waals surface area contributed by atoms with Crippen LogP contribution in [0.3, 0.4) is 0 Å². The van der Waals surface area contributed by atoms with Crippen molar-refractivity contribution in [1.82, 2.24) is 0 Å². The maximum absolute atomic E-state index is 11.3. The average molecular weight is 455 g/mol. The van der Waals surface area contributed by atoms with Crippen molar-refractivity contribution < 1.29 is 26.1 Å². The van der Waals surface area contributed by atoms with E-state index in [1.807, 2.05) is 0 Å². The molecule has 0 radical (unpaired) electrons. The predicted octanol–water partition coefficient (Wildman–Crippen LogP) is 5.66. The van der Waals surface area contributed by atoms with Gasteiger partial charge in [0.2, 0.25) is 0 Å². The van der Waals surface area contributed by atoms with Crippen LogP contribution in [0.4, 0.5) is 13.2 Å². The van der Waals surface area contributed by atoms with Crippen LogP contribution in [-0.2, 0) is 21.0 Å². The van der Waals surface area contributed by atoms with Crippen LogP contribution in [-0.4, -0.2) is 24.9 Å². The summed E-state index contributed by atoms with van der Waals surface area (Å²) in [5.74, 6) is -0.952. The normalized spacial score (nSPS) is 11.6. The molecule has 0 atom stereocenters. The van der Waals surface area contributed by atoms with E-state index in [-0.39, 0.29) is 10.9 Å². The highest BCUT2D eigenvalue weighted by molar-refractivity contribution is 7.97. The van der Waals surface area contributed by atoms with E-state index < -0.39 is 34.9 Å². The molecule has 0 spiro atoms. The summed E-state index contributed by atoms with van der Waals surface area (Å²) < 4.78 is 63.4. The number of hydrogen-bond acceptors (Lipinski definition) is 3. The molecule has 3 nitrogen and oxygen atoms in total. The molecule has 0 bridgehead atoms. The topological polar surface area (TPSA) is 57.2 Å². The minimum atomic E-state index is -4.50. The summed E-state index contributed by atoms with van der Waals surface area (Å²) in [7, 11) is -4.51. The van der Waals surface area contributed by atoms with Gasteiger partial charge in [0.25, 0.3) is 0 Å². The Kier molecular flexibility index (Phi) is 8.95. The van der Waals surface area contributed by atoms with Crippen LogP contribution in [0.25, 0.3) is 0 Å². The SMILES string of the molecule is O=S(=O)([O-])CCCC(F)(F)F.c1ccc([S+](c2ccccc2)c2ccccc2)cc1. The van der Waals surface area contributed by atoms with E-state index in [2.05, 4.69) is 91.0 Å². The maximum Gasteiger partial charge on any atom is 0.389 e. The molecule has 30 heavy (non-hydrogen) atoms. The van der Waals surface area contributed by atoms with E-state index >= 15 is 0 Å². The zero-order valence-electron chi connectivity index (χ0n) is 16.0. The van der Waals surface area contributed by atoms with Crippen LogP contribution < -0.4 is 0 Å². The lowest BCUT2D eigenvalue weighted by Gasteiger charge is -2.07. The second kappa shape index (κ2) is 11.2. The molecule has 0 amide bonds. The standard InChI is InChI=1S/C18H15S.C4H7F3O3S/c1-4-10-16(11-5-1)19(17-12-6-2-7-13-17)18-14-8-3-9-15-18;5-4(6,7)2-1-3-11(8,9)10/h1-15H;1-3H2,(H,8,9,10)/q+1;/p-1. The highest BCUT2D eigenvalue weighted by Crippen LogP contribution is 2.30. The number of halogens is 3. The van der Waals surface area contributed by atoms with E-state index in [0.29, 0.717) is 0 Å². The van der Waals surface area contributed by atoms with E-state index in [0.717, 1.165) is 0 Å². The molecule has 0 aliphatic carbocycles. The first-order valence-corrected chi connectivity index (χ1v) is 11.9. The van der Waals surface area contributed by atoms with Crippen molar-refractivity contribution in [3.63, 3.8) is 0 Å². The lowest BCUT2D eigenvalue weighted by atomic mass is 10.3. The van der Waals surface area contributed by atoms with Gasteiger partial charge in [0.15, 0.2) is 14.7 Å². The van der Waals surface area contributed by atoms with Gasteiger partial charge in [-0.1, -0.05) is 54.6 Å². The third-order valence-corrected chi connectivity index (χ3v) is 6.81. The van der Waals surface area contributed by atoms with Gasteiger partial charge in [0.05, 0.1) is 21.0 Å². The first-order valence-electron chi connectivity index (χ1n) is 9.05. The first-order chi connectivity index (χ1) is 14.2. The molecule has 160 valence electrons. The molecule has 0 saturated carbocycles. The molecule has 0 aliphatic rings. The second-order valence-corrected chi connectivity index (χ2v) is 9.78. The smallest absolute Gasteiger partial charge is 0.389 e. The van der Waals surface area contributed by atoms with Gasteiger partial charge < -0.3 is 4.55 Å². The molecule has 3 aromatic rings. The summed E-state index contributed by atoms with van der Waals surface area (Å²) in [6.45, 7) is 0. The molecule has 0 aliphatic heterocycles. The molecule has 0 aromatic heterocycles. The molecule has 0 saturated heterocycles. The molecule has 8 heteroatoms. The van der Waals surface area contributed by atoms with Gasteiger partial charge in [-0.05, 0) is 42.8 Å². The van der Waals surface area contributed by atoms with Crippen LogP contribution in [0.2, 0.25) is 0 Å². The van der Waals surface area contributed by atoms with Gasteiger partial charge in [-0.25, -0.2) is 8.42 Å². The third kappa shape index (κ3) is 9.02. The lowest BCUT2D eigenvalue weighted by Crippen LogP contribution is -2.11. The van der Waals surface area contributed by atoms with Gasteiger partial charge in [-0.2, -0.15) is 13.2 Å². The van der Waals surface area contributed by atoms with Crippen molar-refractivity contribution in [2.24, 2.45) is 0 Å². The first kappa shape index (κ1) is 24.0. The maximum atomic E-state index is 11.3. The molecular weight excluding hydrogens is 433 g/mol. The Morgan fingerprint density at radius 2 is 1.03 bits per heavy atom. The van der Waals surface area contributed by atoms with Gasteiger partial charge in [0, 0.05) is 12.2 Å². The van der Waals surface area contributed by atoms with E-state index in [1.165, 1.54) is 14.7 Å². The summed E-state index contributed by atoms with van der Waals surface area (Å²) in [6, 6.07) is 32.2. The molecular formula is C22H21F3O3S2. The highest BCUT2D eigenvalue weighted by Gasteiger charge is 2.27. The largest absolute Gasteiger partial charge is 0.748 e. The Morgan fingerprint density at radius 3 is 1.30 bits per heavy atom. The highest BCUT2D eigenvalue weighted by atomic mass is 32.2. The quantitative estimate of drug-likeness (QED) is 0.357. The molecule has 0 heterocycles. The predicted molar refractivity (Wildman–Crippen MR) is 111 cm³/mol. The van der Waals surface area contributed by atoms with Gasteiger partial charge in [-0.15, -0.1) is 0 Å². The fraction of sp³-hybridized carbons (Fsp3) is 0.182. The number of rotatable bonds is 6. The fourth-order valence-electron chi connectivity index (χ4n) is 2.53. The average Bonchev–Trinajstić information content (AvgIpc) is 2.69. The molecule has 0 unspecified atom stereocenters. The lowest BCUT2D eigenvalue weighted by molar-refractivity contribution is -0.134. The van der Waals surface area contributed by atoms with E-state index in [4.69, 9.17) is 0 Å². The van der Waals surface area contributed by atoms with Crippen molar-refractivity contribution in [2.75, 3.05) is 5.75 Å². The van der Waals surface area contributed by atoms with Crippen LogP contribution in [0.15, 0.2) is 106 Å². The number of hydrogen-bond donors (Lipinski definition) is 0. The number of benzene rings is 3. The third-order valence-electron chi connectivity index (χ3n) is 3.79. The Hall–Kier alpha value is -2.29. The Morgan fingerprint density at radius 1 is 0.700 bits per heavy atom. The Bertz CT molecular complexity index is 884. The summed E-state index contributed by atoms with van der Waals surface area (Å²) in [6.07, 6.45) is -6.27. The van der Waals surface area contributed by atoms with E-state index in [9.17, 15) is 26.1 Å². The zero-order valence-corrected chi connectivity index (χ0v) is 17.6. The Labute approximate surface area is 177 Å². The summed E-state index contributed by atoms with van der Waals surface area (Å²) in [5.41, 5.74) is 0. The van der Waals surface area contributed by atoms with Crippen molar-refractivity contribution in [2.45, 2.75) is 33.7 Å². The van der Waals surface area contributed by atoms with Crippen LogP contribution in [0.5, 0.6) is 0 Å². The number of alkyl halides is 3. The monoisotopic (exact) mass is 454 g/mol. The molecule has 3 aromatic carbocycles. The van der Waals surface area contributed by atoms with Crippen molar-refractivity contribution in [3.05, 3.63) is 91.0 Å². The van der Waals surface area contributed by atoms with Gasteiger partial charge in [-0.3, -0.25) is 0 Å². The summed E-state index contributed by atoms with van der Waals surface area (Å²) >= 11 is 0. The summed E-state index contributed by atoms with van der Waals surface area (Å²) in [4.78, 5) is 4.08. The molecule has 0 fully saturated rings. The van der Waals surface area contributed by atoms with Crippen LogP contribution in [0.1, 0.15) is 12.8 Å². The molecule has 3 rings (SSSR count). The van der Waals surface area contributed by atoms with Crippen LogP contribution >= 0.6 is 0 Å². The van der Waals surface area contributed by atoms with Crippen molar-refractivity contribution in [3.8, 4) is 0 Å². The summed E-state index contributed by atoms with van der Waals surface area (Å²) in [5, 5.41) is 0. The van der Waals surface area contributed by atoms with E-state index in [1.54, 1.807) is 0 Å². The molecule has 0 N–H and O–H groups in total.